The first-order valence-corrected chi connectivity index (χ1v) is 4.38. The molecule has 0 spiro atoms. The lowest BCUT2D eigenvalue weighted by atomic mass is 10.1. The van der Waals surface area contributed by atoms with E-state index in [2.05, 4.69) is 31.7 Å². The van der Waals surface area contributed by atoms with Gasteiger partial charge >= 0.3 is 0 Å². The molecule has 0 aromatic heterocycles. The quantitative estimate of drug-likeness (QED) is 0.662. The lowest BCUT2D eigenvalue weighted by Gasteiger charge is -2.14. The molecule has 1 heterocycles. The predicted molar refractivity (Wildman–Crippen MR) is 52.2 cm³/mol. The van der Waals surface area contributed by atoms with Crippen LogP contribution in [0.2, 0.25) is 0 Å². The minimum atomic E-state index is 0.163. The molecule has 0 amide bonds. The molecule has 2 nitrogen and oxygen atoms in total. The predicted octanol–water partition coefficient (Wildman–Crippen LogP) is 2.34. The Morgan fingerprint density at radius 2 is 2.23 bits per heavy atom. The maximum Gasteiger partial charge on any atom is 0.179 e. The van der Waals surface area contributed by atoms with Crippen LogP contribution in [0, 0.1) is 6.92 Å². The summed E-state index contributed by atoms with van der Waals surface area (Å²) in [5.74, 6) is 0.163. The molecule has 1 aromatic rings. The summed E-state index contributed by atoms with van der Waals surface area (Å²) in [5.41, 5.74) is 3.93. The van der Waals surface area contributed by atoms with Crippen molar-refractivity contribution in [1.29, 1.82) is 0 Å². The third kappa shape index (κ3) is 1.28. The van der Waals surface area contributed by atoms with Gasteiger partial charge in [0.1, 0.15) is 0 Å². The fraction of sp³-hybridized carbons (Fsp3) is 0.273. The molecule has 0 atom stereocenters. The fourth-order valence-electron chi connectivity index (χ4n) is 1.77. The van der Waals surface area contributed by atoms with Crippen molar-refractivity contribution in [2.75, 3.05) is 0 Å². The van der Waals surface area contributed by atoms with Crippen LogP contribution >= 0.6 is 0 Å². The highest BCUT2D eigenvalue weighted by Crippen LogP contribution is 2.26. The van der Waals surface area contributed by atoms with Gasteiger partial charge in [0.05, 0.1) is 0 Å². The van der Waals surface area contributed by atoms with Crippen LogP contribution in [-0.4, -0.2) is 10.0 Å². The third-order valence-corrected chi connectivity index (χ3v) is 2.58. The highest BCUT2D eigenvalue weighted by atomic mass is 16.3. The highest BCUT2D eigenvalue weighted by Gasteiger charge is 2.20. The summed E-state index contributed by atoms with van der Waals surface area (Å²) in [5, 5.41) is 9.25. The van der Waals surface area contributed by atoms with Crippen molar-refractivity contribution in [3.05, 3.63) is 47.4 Å². The van der Waals surface area contributed by atoms with Gasteiger partial charge < -0.3 is 10.0 Å². The van der Waals surface area contributed by atoms with Crippen molar-refractivity contribution in [3.8, 4) is 0 Å². The Morgan fingerprint density at radius 1 is 1.46 bits per heavy atom. The molecule has 0 aliphatic carbocycles. The lowest BCUT2D eigenvalue weighted by Crippen LogP contribution is -2.14. The molecule has 1 aliphatic heterocycles. The van der Waals surface area contributed by atoms with E-state index in [4.69, 9.17) is 0 Å². The van der Waals surface area contributed by atoms with Crippen molar-refractivity contribution in [1.82, 2.24) is 4.90 Å². The first kappa shape index (κ1) is 8.17. The van der Waals surface area contributed by atoms with Crippen LogP contribution in [0.3, 0.4) is 0 Å². The minimum absolute atomic E-state index is 0.163. The molecule has 0 saturated carbocycles. The van der Waals surface area contributed by atoms with E-state index in [0.717, 1.165) is 13.1 Å². The van der Waals surface area contributed by atoms with Crippen LogP contribution in [0.4, 0.5) is 0 Å². The molecule has 1 aliphatic rings. The van der Waals surface area contributed by atoms with E-state index in [1.54, 1.807) is 0 Å². The Bertz CT molecular complexity index is 357. The van der Waals surface area contributed by atoms with Gasteiger partial charge in [-0.15, -0.1) is 0 Å². The summed E-state index contributed by atoms with van der Waals surface area (Å²) in [7, 11) is 0. The van der Waals surface area contributed by atoms with Crippen LogP contribution in [-0.2, 0) is 13.1 Å². The minimum Gasteiger partial charge on any atom is -0.495 e. The maximum atomic E-state index is 9.25. The van der Waals surface area contributed by atoms with Crippen LogP contribution in [0.25, 0.3) is 0 Å². The van der Waals surface area contributed by atoms with E-state index in [1.807, 2.05) is 4.90 Å². The monoisotopic (exact) mass is 175 g/mol. The number of aliphatic hydroxyl groups excluding tert-OH is 1. The normalized spacial score (nSPS) is 14.4. The van der Waals surface area contributed by atoms with E-state index >= 15 is 0 Å². The van der Waals surface area contributed by atoms with E-state index < -0.39 is 0 Å². The molecule has 1 N–H and O–H groups in total. The van der Waals surface area contributed by atoms with Crippen molar-refractivity contribution in [3.63, 3.8) is 0 Å². The van der Waals surface area contributed by atoms with Crippen LogP contribution < -0.4 is 0 Å². The largest absolute Gasteiger partial charge is 0.495 e. The van der Waals surface area contributed by atoms with Crippen LogP contribution in [0.15, 0.2) is 30.7 Å². The number of nitrogens with zero attached hydrogens (tertiary/aromatic N) is 1. The van der Waals surface area contributed by atoms with E-state index in [9.17, 15) is 5.11 Å². The number of rotatable bonds is 1. The second kappa shape index (κ2) is 2.80. The maximum absolute atomic E-state index is 9.25. The zero-order valence-corrected chi connectivity index (χ0v) is 7.75. The summed E-state index contributed by atoms with van der Waals surface area (Å²) >= 11 is 0. The molecular weight excluding hydrogens is 162 g/mol. The molecule has 0 unspecified atom stereocenters. The molecular formula is C11H13NO. The number of hydrogen-bond acceptors (Lipinski definition) is 2. The molecule has 0 fully saturated rings. The summed E-state index contributed by atoms with van der Waals surface area (Å²) in [6.45, 7) is 7.20. The van der Waals surface area contributed by atoms with E-state index in [0.29, 0.717) is 0 Å². The van der Waals surface area contributed by atoms with Crippen molar-refractivity contribution < 1.29 is 5.11 Å². The number of aryl methyl sites for hydroxylation is 1. The van der Waals surface area contributed by atoms with Gasteiger partial charge in [0, 0.05) is 13.1 Å². The second-order valence-electron chi connectivity index (χ2n) is 3.48. The van der Waals surface area contributed by atoms with Crippen LogP contribution in [0.5, 0.6) is 0 Å². The smallest absolute Gasteiger partial charge is 0.179 e. The van der Waals surface area contributed by atoms with Crippen LogP contribution in [0.1, 0.15) is 16.7 Å². The van der Waals surface area contributed by atoms with Gasteiger partial charge in [-0.2, -0.15) is 0 Å². The third-order valence-electron chi connectivity index (χ3n) is 2.58. The summed E-state index contributed by atoms with van der Waals surface area (Å²) in [4.78, 5) is 1.87. The molecule has 68 valence electrons. The van der Waals surface area contributed by atoms with Crippen molar-refractivity contribution in [2.45, 2.75) is 20.0 Å². The number of fused-ring (bicyclic) bond motifs is 1. The molecule has 2 rings (SSSR count). The van der Waals surface area contributed by atoms with Crippen molar-refractivity contribution >= 4 is 0 Å². The molecule has 0 bridgehead atoms. The van der Waals surface area contributed by atoms with Gasteiger partial charge in [0.2, 0.25) is 0 Å². The second-order valence-corrected chi connectivity index (χ2v) is 3.48. The van der Waals surface area contributed by atoms with Gasteiger partial charge in [-0.3, -0.25) is 0 Å². The first-order valence-electron chi connectivity index (χ1n) is 4.38. The average molecular weight is 175 g/mol. The van der Waals surface area contributed by atoms with E-state index in [1.165, 1.54) is 16.7 Å². The van der Waals surface area contributed by atoms with Gasteiger partial charge in [-0.05, 0) is 30.2 Å². The standard InChI is InChI=1S/C11H13NO/c1-8-4-3-5-10-6-12(9(2)13)7-11(8)10/h3-5,13H,2,6-7H2,1H3. The molecule has 13 heavy (non-hydrogen) atoms. The SMILES string of the molecule is C=C(O)N1Cc2cccc(C)c2C1. The van der Waals surface area contributed by atoms with E-state index in [-0.39, 0.29) is 5.88 Å². The highest BCUT2D eigenvalue weighted by molar-refractivity contribution is 5.37. The Labute approximate surface area is 78.1 Å². The average Bonchev–Trinajstić information content (AvgIpc) is 2.49. The Hall–Kier alpha value is -1.44. The zero-order valence-electron chi connectivity index (χ0n) is 7.75. The number of hydrogen-bond donors (Lipinski definition) is 1. The first-order chi connectivity index (χ1) is 6.18. The van der Waals surface area contributed by atoms with Gasteiger partial charge in [0.25, 0.3) is 0 Å². The lowest BCUT2D eigenvalue weighted by molar-refractivity contribution is 0.205. The molecule has 0 saturated heterocycles. The summed E-state index contributed by atoms with van der Waals surface area (Å²) in [6.07, 6.45) is 0. The topological polar surface area (TPSA) is 23.5 Å². The van der Waals surface area contributed by atoms with Gasteiger partial charge in [0.15, 0.2) is 5.88 Å². The van der Waals surface area contributed by atoms with Crippen molar-refractivity contribution in [2.24, 2.45) is 0 Å². The zero-order chi connectivity index (χ0) is 9.42. The molecule has 0 radical (unpaired) electrons. The molecule has 1 aromatic carbocycles. The van der Waals surface area contributed by atoms with Gasteiger partial charge in [-0.1, -0.05) is 18.2 Å². The fourth-order valence-corrected chi connectivity index (χ4v) is 1.77. The molecule has 2 heteroatoms. The number of benzene rings is 1. The Kier molecular flexibility index (Phi) is 1.76. The summed E-state index contributed by atoms with van der Waals surface area (Å²) < 4.78 is 0. The summed E-state index contributed by atoms with van der Waals surface area (Å²) in [6, 6.07) is 6.26. The Balaban J connectivity index is 2.35. The Morgan fingerprint density at radius 3 is 2.85 bits per heavy atom. The van der Waals surface area contributed by atoms with Gasteiger partial charge in [-0.25, -0.2) is 0 Å². The number of aliphatic hydroxyl groups is 1.